The fourth-order valence-electron chi connectivity index (χ4n) is 0.976. The number of carbonyl (C=O) groups is 1. The van der Waals surface area contributed by atoms with E-state index in [-0.39, 0.29) is 17.2 Å². The molecular formula is C12H10FNO3. The van der Waals surface area contributed by atoms with Gasteiger partial charge in [0.05, 0.1) is 0 Å². The number of aromatic nitrogens is 1. The maximum atomic E-state index is 12.0. The molecule has 1 aromatic heterocycles. The summed E-state index contributed by atoms with van der Waals surface area (Å²) in [5.74, 6) is -0.525. The molecule has 17 heavy (non-hydrogen) atoms. The number of hydrogen-bond acceptors (Lipinski definition) is 4. The number of aldehydes is 1. The molecule has 2 rings (SSSR count). The van der Waals surface area contributed by atoms with Crippen molar-refractivity contribution in [3.05, 3.63) is 54.1 Å². The zero-order valence-corrected chi connectivity index (χ0v) is 8.75. The Kier molecular flexibility index (Phi) is 4.62. The Labute approximate surface area is 97.0 Å². The molecule has 2 aromatic rings. The molecular weight excluding hydrogens is 225 g/mol. The second-order valence-corrected chi connectivity index (χ2v) is 3.01. The molecule has 0 aliphatic rings. The standard InChI is InChI=1S/C6H5FO.C6H5NO2/c7-5-2-1-3-6(8)4-5;8-4-5-6(9)2-1-3-7-5/h1-4,8H;1-4,9H. The lowest BCUT2D eigenvalue weighted by atomic mass is 10.3. The fourth-order valence-corrected chi connectivity index (χ4v) is 0.976. The Bertz CT molecular complexity index is 485. The lowest BCUT2D eigenvalue weighted by Gasteiger charge is -1.90. The van der Waals surface area contributed by atoms with Crippen molar-refractivity contribution in [3.63, 3.8) is 0 Å². The third-order valence-electron chi connectivity index (χ3n) is 1.74. The van der Waals surface area contributed by atoms with Crippen LogP contribution in [0.1, 0.15) is 10.5 Å². The van der Waals surface area contributed by atoms with E-state index in [0.29, 0.717) is 6.29 Å². The van der Waals surface area contributed by atoms with Crippen molar-refractivity contribution in [2.75, 3.05) is 0 Å². The predicted octanol–water partition coefficient (Wildman–Crippen LogP) is 2.13. The topological polar surface area (TPSA) is 70.4 Å². The number of halogens is 1. The van der Waals surface area contributed by atoms with Crippen LogP contribution in [0.2, 0.25) is 0 Å². The molecule has 0 fully saturated rings. The van der Waals surface area contributed by atoms with E-state index in [2.05, 4.69) is 4.98 Å². The molecule has 0 aliphatic carbocycles. The molecule has 0 spiro atoms. The molecule has 0 amide bonds. The number of phenolic OH excluding ortho intramolecular Hbond substituents is 1. The normalized spacial score (nSPS) is 9.00. The minimum absolute atomic E-state index is 0.0370. The summed E-state index contributed by atoms with van der Waals surface area (Å²) >= 11 is 0. The van der Waals surface area contributed by atoms with Crippen LogP contribution in [0.15, 0.2) is 42.6 Å². The van der Waals surface area contributed by atoms with Gasteiger partial charge in [0.2, 0.25) is 0 Å². The summed E-state index contributed by atoms with van der Waals surface area (Å²) in [5.41, 5.74) is 0.0810. The third-order valence-corrected chi connectivity index (χ3v) is 1.74. The second kappa shape index (κ2) is 6.22. The highest BCUT2D eigenvalue weighted by molar-refractivity contribution is 5.75. The van der Waals surface area contributed by atoms with Crippen LogP contribution in [0.25, 0.3) is 0 Å². The van der Waals surface area contributed by atoms with Gasteiger partial charge in [0.25, 0.3) is 0 Å². The van der Waals surface area contributed by atoms with E-state index in [4.69, 9.17) is 10.2 Å². The van der Waals surface area contributed by atoms with E-state index in [1.54, 1.807) is 6.07 Å². The van der Waals surface area contributed by atoms with Gasteiger partial charge in [-0.05, 0) is 24.3 Å². The first kappa shape index (κ1) is 12.6. The molecule has 1 heterocycles. The molecule has 0 aliphatic heterocycles. The van der Waals surface area contributed by atoms with Crippen LogP contribution in [0.5, 0.6) is 11.5 Å². The van der Waals surface area contributed by atoms with Gasteiger partial charge in [-0.15, -0.1) is 0 Å². The first-order chi connectivity index (χ1) is 8.13. The SMILES string of the molecule is O=Cc1ncccc1O.Oc1cccc(F)c1. The van der Waals surface area contributed by atoms with Crippen molar-refractivity contribution in [2.45, 2.75) is 0 Å². The number of phenols is 1. The number of pyridine rings is 1. The zero-order valence-electron chi connectivity index (χ0n) is 8.75. The summed E-state index contributed by atoms with van der Waals surface area (Å²) in [6, 6.07) is 8.17. The summed E-state index contributed by atoms with van der Waals surface area (Å²) in [4.78, 5) is 13.6. The molecule has 0 atom stereocenters. The quantitative estimate of drug-likeness (QED) is 0.743. The monoisotopic (exact) mass is 235 g/mol. The second-order valence-electron chi connectivity index (χ2n) is 3.01. The van der Waals surface area contributed by atoms with Gasteiger partial charge in [-0.2, -0.15) is 0 Å². The van der Waals surface area contributed by atoms with Crippen molar-refractivity contribution < 1.29 is 19.4 Å². The van der Waals surface area contributed by atoms with Crippen LogP contribution in [-0.2, 0) is 0 Å². The molecule has 4 nitrogen and oxygen atoms in total. The summed E-state index contributed by atoms with van der Waals surface area (Å²) in [6.07, 6.45) is 1.96. The summed E-state index contributed by atoms with van der Waals surface area (Å²) < 4.78 is 12.0. The van der Waals surface area contributed by atoms with E-state index >= 15 is 0 Å². The third kappa shape index (κ3) is 4.29. The largest absolute Gasteiger partial charge is 0.508 e. The first-order valence-corrected chi connectivity index (χ1v) is 4.67. The fraction of sp³-hybridized carbons (Fsp3) is 0. The summed E-state index contributed by atoms with van der Waals surface area (Å²) in [7, 11) is 0. The molecule has 0 radical (unpaired) electrons. The number of benzene rings is 1. The lowest BCUT2D eigenvalue weighted by Crippen LogP contribution is -1.83. The number of nitrogens with zero attached hydrogens (tertiary/aromatic N) is 1. The van der Waals surface area contributed by atoms with Crippen molar-refractivity contribution in [1.82, 2.24) is 4.98 Å². The Balaban J connectivity index is 0.000000171. The van der Waals surface area contributed by atoms with E-state index in [1.807, 2.05) is 0 Å². The van der Waals surface area contributed by atoms with Crippen LogP contribution in [-0.4, -0.2) is 21.5 Å². The van der Waals surface area contributed by atoms with Crippen LogP contribution >= 0.6 is 0 Å². The average molecular weight is 235 g/mol. The van der Waals surface area contributed by atoms with Gasteiger partial charge in [0.1, 0.15) is 23.0 Å². The van der Waals surface area contributed by atoms with E-state index in [1.165, 1.54) is 30.5 Å². The van der Waals surface area contributed by atoms with E-state index in [0.717, 1.165) is 6.07 Å². The lowest BCUT2D eigenvalue weighted by molar-refractivity contribution is 0.111. The van der Waals surface area contributed by atoms with Crippen LogP contribution in [0.4, 0.5) is 4.39 Å². The minimum Gasteiger partial charge on any atom is -0.508 e. The van der Waals surface area contributed by atoms with Gasteiger partial charge in [-0.3, -0.25) is 4.79 Å². The highest BCUT2D eigenvalue weighted by Gasteiger charge is 1.95. The van der Waals surface area contributed by atoms with Gasteiger partial charge in [-0.25, -0.2) is 9.37 Å². The molecule has 0 bridgehead atoms. The number of hydrogen-bond donors (Lipinski definition) is 2. The summed E-state index contributed by atoms with van der Waals surface area (Å²) in [6.45, 7) is 0. The van der Waals surface area contributed by atoms with Crippen molar-refractivity contribution in [3.8, 4) is 11.5 Å². The van der Waals surface area contributed by atoms with Crippen molar-refractivity contribution >= 4 is 6.29 Å². The zero-order chi connectivity index (χ0) is 12.7. The molecule has 5 heteroatoms. The van der Waals surface area contributed by atoms with Crippen LogP contribution < -0.4 is 0 Å². The van der Waals surface area contributed by atoms with Gasteiger partial charge in [0.15, 0.2) is 6.29 Å². The van der Waals surface area contributed by atoms with Crippen molar-refractivity contribution in [1.29, 1.82) is 0 Å². The van der Waals surface area contributed by atoms with E-state index < -0.39 is 5.82 Å². The van der Waals surface area contributed by atoms with Gasteiger partial charge in [0, 0.05) is 12.3 Å². The maximum Gasteiger partial charge on any atom is 0.172 e. The van der Waals surface area contributed by atoms with Crippen LogP contribution in [0, 0.1) is 5.82 Å². The van der Waals surface area contributed by atoms with Gasteiger partial charge in [-0.1, -0.05) is 6.07 Å². The van der Waals surface area contributed by atoms with E-state index in [9.17, 15) is 9.18 Å². The molecule has 0 saturated heterocycles. The van der Waals surface area contributed by atoms with Crippen molar-refractivity contribution in [2.24, 2.45) is 0 Å². The average Bonchev–Trinajstić information content (AvgIpc) is 2.30. The molecule has 88 valence electrons. The number of aromatic hydroxyl groups is 2. The predicted molar refractivity (Wildman–Crippen MR) is 59.4 cm³/mol. The Morgan fingerprint density at radius 3 is 2.35 bits per heavy atom. The molecule has 0 saturated carbocycles. The molecule has 1 aromatic carbocycles. The smallest absolute Gasteiger partial charge is 0.172 e. The summed E-state index contributed by atoms with van der Waals surface area (Å²) in [5, 5.41) is 17.4. The minimum atomic E-state index is -0.412. The Morgan fingerprint density at radius 1 is 1.18 bits per heavy atom. The Hall–Kier alpha value is -2.43. The van der Waals surface area contributed by atoms with Gasteiger partial charge < -0.3 is 10.2 Å². The number of carbonyl (C=O) groups excluding carboxylic acids is 1. The highest BCUT2D eigenvalue weighted by Crippen LogP contribution is 2.08. The maximum absolute atomic E-state index is 12.0. The number of rotatable bonds is 1. The van der Waals surface area contributed by atoms with Crippen LogP contribution in [0.3, 0.4) is 0 Å². The highest BCUT2D eigenvalue weighted by atomic mass is 19.1. The molecule has 2 N–H and O–H groups in total. The van der Waals surface area contributed by atoms with Gasteiger partial charge >= 0.3 is 0 Å². The Morgan fingerprint density at radius 2 is 1.94 bits per heavy atom. The first-order valence-electron chi connectivity index (χ1n) is 4.67. The molecule has 0 unspecified atom stereocenters.